The van der Waals surface area contributed by atoms with Crippen LogP contribution in [0.2, 0.25) is 18.1 Å². The molecule has 0 spiro atoms. The summed E-state index contributed by atoms with van der Waals surface area (Å²) >= 11 is 0. The minimum atomic E-state index is -1.85. The van der Waals surface area contributed by atoms with Gasteiger partial charge in [-0.1, -0.05) is 47.0 Å². The lowest BCUT2D eigenvalue weighted by molar-refractivity contribution is -0.141. The highest BCUT2D eigenvalue weighted by atomic mass is 28.4. The fourth-order valence-electron chi connectivity index (χ4n) is 2.77. The van der Waals surface area contributed by atoms with Crippen molar-refractivity contribution in [3.63, 3.8) is 0 Å². The molecule has 0 heterocycles. The van der Waals surface area contributed by atoms with Crippen molar-refractivity contribution in [2.24, 2.45) is 11.8 Å². The number of hydrogen-bond acceptors (Lipinski definition) is 3. The van der Waals surface area contributed by atoms with Crippen LogP contribution < -0.4 is 0 Å². The van der Waals surface area contributed by atoms with Crippen molar-refractivity contribution in [1.82, 2.24) is 0 Å². The maximum Gasteiger partial charge on any atom is 0.306 e. The molecule has 0 aliphatic heterocycles. The maximum absolute atomic E-state index is 11.5. The Kier molecular flexibility index (Phi) is 7.37. The first-order valence-electron chi connectivity index (χ1n) is 9.04. The third-order valence-corrected chi connectivity index (χ3v) is 9.71. The van der Waals surface area contributed by atoms with Crippen LogP contribution in [0.3, 0.4) is 0 Å². The minimum absolute atomic E-state index is 0.149. The van der Waals surface area contributed by atoms with Crippen molar-refractivity contribution in [1.29, 1.82) is 0 Å². The van der Waals surface area contributed by atoms with E-state index in [9.17, 15) is 4.79 Å². The highest BCUT2D eigenvalue weighted by Crippen LogP contribution is 2.41. The number of carbonyl (C=O) groups is 1. The van der Waals surface area contributed by atoms with Gasteiger partial charge in [0, 0.05) is 5.92 Å². The molecule has 1 aliphatic carbocycles. The van der Waals surface area contributed by atoms with Crippen molar-refractivity contribution >= 4 is 14.3 Å². The molecule has 0 amide bonds. The first-order chi connectivity index (χ1) is 10.6. The molecule has 0 aromatic rings. The molecule has 1 atom stereocenters. The van der Waals surface area contributed by atoms with Crippen LogP contribution in [-0.2, 0) is 14.0 Å². The fraction of sp³-hybridized carbons (Fsp3) is 0.842. The number of esters is 1. The van der Waals surface area contributed by atoms with Crippen LogP contribution in [-0.4, -0.2) is 21.4 Å². The molecule has 0 radical (unpaired) electrons. The van der Waals surface area contributed by atoms with Gasteiger partial charge in [-0.2, -0.15) is 0 Å². The second kappa shape index (κ2) is 8.36. The van der Waals surface area contributed by atoms with Gasteiger partial charge in [-0.3, -0.25) is 4.79 Å². The zero-order valence-electron chi connectivity index (χ0n) is 16.2. The number of methoxy groups -OCH3 is 1. The third kappa shape index (κ3) is 6.32. The van der Waals surface area contributed by atoms with Crippen LogP contribution in [0.4, 0.5) is 0 Å². The molecule has 0 aromatic heterocycles. The quantitative estimate of drug-likeness (QED) is 0.355. The number of carbonyl (C=O) groups excluding carboxylic acids is 1. The van der Waals surface area contributed by atoms with Gasteiger partial charge in [0.15, 0.2) is 0 Å². The summed E-state index contributed by atoms with van der Waals surface area (Å²) in [6.07, 6.45) is 8.96. The standard InChI is InChI=1S/C19H36O3Si/c1-15(14-18(20)21-5)13-17(16-11-9-8-10-12-16)22-23(6,7)19(2,3)4/h13,15-16H,8-12,14H2,1-7H3/b17-13+. The van der Waals surface area contributed by atoms with E-state index in [-0.39, 0.29) is 16.9 Å². The Balaban J connectivity index is 2.94. The van der Waals surface area contributed by atoms with E-state index in [1.807, 2.05) is 0 Å². The molecular weight excluding hydrogens is 304 g/mol. The molecule has 1 fully saturated rings. The van der Waals surface area contributed by atoms with Crippen molar-refractivity contribution in [2.75, 3.05) is 7.11 Å². The monoisotopic (exact) mass is 340 g/mol. The van der Waals surface area contributed by atoms with E-state index in [4.69, 9.17) is 9.16 Å². The van der Waals surface area contributed by atoms with Crippen LogP contribution in [0, 0.1) is 11.8 Å². The SMILES string of the molecule is COC(=O)CC(C)/C=C(/O[Si](C)(C)C(C)(C)C)C1CCCCC1. The molecule has 1 unspecified atom stereocenters. The average Bonchev–Trinajstić information content (AvgIpc) is 2.45. The molecule has 4 heteroatoms. The Morgan fingerprint density at radius 1 is 1.22 bits per heavy atom. The number of hydrogen-bond donors (Lipinski definition) is 0. The molecule has 23 heavy (non-hydrogen) atoms. The van der Waals surface area contributed by atoms with Gasteiger partial charge in [0.1, 0.15) is 0 Å². The average molecular weight is 341 g/mol. The summed E-state index contributed by atoms with van der Waals surface area (Å²) in [5.74, 6) is 1.68. The van der Waals surface area contributed by atoms with Gasteiger partial charge in [-0.05, 0) is 43.0 Å². The predicted molar refractivity (Wildman–Crippen MR) is 98.7 cm³/mol. The summed E-state index contributed by atoms with van der Waals surface area (Å²) in [6.45, 7) is 13.5. The van der Waals surface area contributed by atoms with E-state index < -0.39 is 8.32 Å². The van der Waals surface area contributed by atoms with E-state index in [1.165, 1.54) is 39.2 Å². The zero-order valence-corrected chi connectivity index (χ0v) is 17.2. The van der Waals surface area contributed by atoms with E-state index in [2.05, 4.69) is 46.9 Å². The summed E-state index contributed by atoms with van der Waals surface area (Å²) in [5, 5.41) is 0.187. The highest BCUT2D eigenvalue weighted by molar-refractivity contribution is 6.74. The molecule has 1 rings (SSSR count). The molecule has 0 aromatic carbocycles. The van der Waals surface area contributed by atoms with E-state index in [0.717, 1.165) is 5.76 Å². The number of rotatable bonds is 6. The van der Waals surface area contributed by atoms with Gasteiger partial charge in [-0.15, -0.1) is 0 Å². The topological polar surface area (TPSA) is 35.5 Å². The summed E-state index contributed by atoms with van der Waals surface area (Å²) < 4.78 is 11.5. The van der Waals surface area contributed by atoms with Crippen LogP contribution in [0.1, 0.15) is 66.2 Å². The summed E-state index contributed by atoms with van der Waals surface area (Å²) in [4.78, 5) is 11.5. The molecule has 1 saturated carbocycles. The van der Waals surface area contributed by atoms with Crippen LogP contribution in [0.25, 0.3) is 0 Å². The number of ether oxygens (including phenoxy) is 1. The predicted octanol–water partition coefficient (Wildman–Crippen LogP) is 5.67. The largest absolute Gasteiger partial charge is 0.547 e. The molecule has 3 nitrogen and oxygen atoms in total. The second-order valence-corrected chi connectivity index (χ2v) is 13.2. The van der Waals surface area contributed by atoms with Crippen molar-refractivity contribution in [3.8, 4) is 0 Å². The minimum Gasteiger partial charge on any atom is -0.547 e. The second-order valence-electron chi connectivity index (χ2n) is 8.52. The molecule has 0 saturated heterocycles. The lowest BCUT2D eigenvalue weighted by Gasteiger charge is -2.40. The normalized spacial score (nSPS) is 19.3. The lowest BCUT2D eigenvalue weighted by atomic mass is 9.86. The first kappa shape index (κ1) is 20.3. The van der Waals surface area contributed by atoms with E-state index in [0.29, 0.717) is 12.3 Å². The smallest absolute Gasteiger partial charge is 0.306 e. The Labute approximate surface area is 144 Å². The Morgan fingerprint density at radius 2 is 1.78 bits per heavy atom. The third-order valence-electron chi connectivity index (χ3n) is 5.35. The van der Waals surface area contributed by atoms with Crippen LogP contribution in [0.15, 0.2) is 11.8 Å². The van der Waals surface area contributed by atoms with Gasteiger partial charge in [0.05, 0.1) is 19.3 Å². The zero-order chi connectivity index (χ0) is 17.7. The van der Waals surface area contributed by atoms with Crippen molar-refractivity contribution in [3.05, 3.63) is 11.8 Å². The first-order valence-corrected chi connectivity index (χ1v) is 11.9. The Bertz CT molecular complexity index is 415. The van der Waals surface area contributed by atoms with E-state index in [1.54, 1.807) is 0 Å². The lowest BCUT2D eigenvalue weighted by Crippen LogP contribution is -2.41. The molecule has 1 aliphatic rings. The molecule has 0 bridgehead atoms. The van der Waals surface area contributed by atoms with Crippen LogP contribution >= 0.6 is 0 Å². The number of allylic oxidation sites excluding steroid dienone is 2. The van der Waals surface area contributed by atoms with Gasteiger partial charge in [0.25, 0.3) is 0 Å². The summed E-state index contributed by atoms with van der Waals surface area (Å²) in [5.41, 5.74) is 0. The van der Waals surface area contributed by atoms with Crippen LogP contribution in [0.5, 0.6) is 0 Å². The van der Waals surface area contributed by atoms with Crippen molar-refractivity contribution < 1.29 is 14.0 Å². The van der Waals surface area contributed by atoms with Crippen molar-refractivity contribution in [2.45, 2.75) is 84.4 Å². The Morgan fingerprint density at radius 3 is 2.26 bits per heavy atom. The van der Waals surface area contributed by atoms with E-state index >= 15 is 0 Å². The Hall–Kier alpha value is -0.773. The van der Waals surface area contributed by atoms with Gasteiger partial charge >= 0.3 is 5.97 Å². The fourth-order valence-corrected chi connectivity index (χ4v) is 3.90. The summed E-state index contributed by atoms with van der Waals surface area (Å²) in [6, 6.07) is 0. The maximum atomic E-state index is 11.5. The van der Waals surface area contributed by atoms with Gasteiger partial charge in [-0.25, -0.2) is 0 Å². The molecular formula is C19H36O3Si. The molecule has 134 valence electrons. The van der Waals surface area contributed by atoms with Gasteiger partial charge in [0.2, 0.25) is 8.32 Å². The molecule has 0 N–H and O–H groups in total. The highest BCUT2D eigenvalue weighted by Gasteiger charge is 2.40. The summed E-state index contributed by atoms with van der Waals surface area (Å²) in [7, 11) is -0.400. The van der Waals surface area contributed by atoms with Gasteiger partial charge < -0.3 is 9.16 Å².